The molecule has 8 nitrogen and oxygen atoms in total. The number of nitrogens with one attached hydrogen (secondary N) is 1. The molecule has 0 aliphatic heterocycles. The second kappa shape index (κ2) is 9.81. The second-order valence-corrected chi connectivity index (χ2v) is 5.22. The summed E-state index contributed by atoms with van der Waals surface area (Å²) in [7, 11) is 0. The van der Waals surface area contributed by atoms with Gasteiger partial charge in [0.25, 0.3) is 0 Å². The zero-order valence-corrected chi connectivity index (χ0v) is 15.1. The summed E-state index contributed by atoms with van der Waals surface area (Å²) in [5, 5.41) is 3.68. The van der Waals surface area contributed by atoms with Crippen molar-refractivity contribution in [3.8, 4) is 17.2 Å². The standard InChI is InChI=1S/C19H21N3O5/c1-3-25-15-8-6-14(7-9-15)18(23)27-16-10-5-13(11-17(16)26-4-2)12-21-22-19(20)24/h5-12H,3-4H2,1-2H3,(H3,20,22,24)/b21-12+. The molecule has 0 bridgehead atoms. The van der Waals surface area contributed by atoms with Crippen LogP contribution in [0.15, 0.2) is 47.6 Å². The summed E-state index contributed by atoms with van der Waals surface area (Å²) in [6, 6.07) is 10.8. The van der Waals surface area contributed by atoms with E-state index in [-0.39, 0.29) is 5.75 Å². The van der Waals surface area contributed by atoms with Gasteiger partial charge in [0.1, 0.15) is 5.75 Å². The normalized spacial score (nSPS) is 10.4. The molecule has 2 rings (SSSR count). The molecule has 0 fully saturated rings. The Bertz CT molecular complexity index is 819. The van der Waals surface area contributed by atoms with Gasteiger partial charge in [-0.15, -0.1) is 0 Å². The molecule has 27 heavy (non-hydrogen) atoms. The van der Waals surface area contributed by atoms with Crippen LogP contribution in [0.25, 0.3) is 0 Å². The van der Waals surface area contributed by atoms with Crippen LogP contribution in [0, 0.1) is 0 Å². The Morgan fingerprint density at radius 3 is 2.37 bits per heavy atom. The van der Waals surface area contributed by atoms with E-state index < -0.39 is 12.0 Å². The predicted octanol–water partition coefficient (Wildman–Crippen LogP) is 2.71. The fraction of sp³-hybridized carbons (Fsp3) is 0.211. The largest absolute Gasteiger partial charge is 0.494 e. The van der Waals surface area contributed by atoms with Gasteiger partial charge in [-0.1, -0.05) is 0 Å². The first-order valence-corrected chi connectivity index (χ1v) is 8.33. The number of rotatable bonds is 8. The Hall–Kier alpha value is -3.55. The average Bonchev–Trinajstić information content (AvgIpc) is 2.64. The first-order valence-electron chi connectivity index (χ1n) is 8.33. The quantitative estimate of drug-likeness (QED) is 0.321. The fourth-order valence-electron chi connectivity index (χ4n) is 2.14. The van der Waals surface area contributed by atoms with E-state index in [2.05, 4.69) is 10.5 Å². The topological polar surface area (TPSA) is 112 Å². The van der Waals surface area contributed by atoms with E-state index >= 15 is 0 Å². The van der Waals surface area contributed by atoms with E-state index in [4.69, 9.17) is 19.9 Å². The average molecular weight is 371 g/mol. The lowest BCUT2D eigenvalue weighted by atomic mass is 10.2. The van der Waals surface area contributed by atoms with Gasteiger partial charge in [0.2, 0.25) is 0 Å². The summed E-state index contributed by atoms with van der Waals surface area (Å²) in [4.78, 5) is 23.0. The second-order valence-electron chi connectivity index (χ2n) is 5.22. The highest BCUT2D eigenvalue weighted by atomic mass is 16.6. The number of primary amides is 1. The Kier molecular flexibility index (Phi) is 7.18. The third kappa shape index (κ3) is 6.03. The molecule has 2 aromatic carbocycles. The van der Waals surface area contributed by atoms with Crippen LogP contribution in [0.3, 0.4) is 0 Å². The van der Waals surface area contributed by atoms with E-state index in [1.54, 1.807) is 42.5 Å². The van der Waals surface area contributed by atoms with Crippen molar-refractivity contribution < 1.29 is 23.8 Å². The zero-order chi connectivity index (χ0) is 19.6. The van der Waals surface area contributed by atoms with Crippen molar-refractivity contribution in [2.75, 3.05) is 13.2 Å². The van der Waals surface area contributed by atoms with Gasteiger partial charge in [0, 0.05) is 0 Å². The van der Waals surface area contributed by atoms with Crippen molar-refractivity contribution in [2.24, 2.45) is 10.8 Å². The molecule has 142 valence electrons. The van der Waals surface area contributed by atoms with E-state index in [1.165, 1.54) is 6.21 Å². The number of nitrogens with zero attached hydrogens (tertiary/aromatic N) is 1. The van der Waals surface area contributed by atoms with E-state index in [0.717, 1.165) is 0 Å². The van der Waals surface area contributed by atoms with Gasteiger partial charge in [0.15, 0.2) is 11.5 Å². The molecule has 0 aliphatic rings. The number of hydrogen-bond acceptors (Lipinski definition) is 6. The molecular weight excluding hydrogens is 350 g/mol. The molecule has 0 aliphatic carbocycles. The lowest BCUT2D eigenvalue weighted by Crippen LogP contribution is -2.24. The van der Waals surface area contributed by atoms with E-state index in [0.29, 0.717) is 35.8 Å². The van der Waals surface area contributed by atoms with Crippen molar-refractivity contribution in [3.05, 3.63) is 53.6 Å². The van der Waals surface area contributed by atoms with Gasteiger partial charge < -0.3 is 19.9 Å². The van der Waals surface area contributed by atoms with Crippen molar-refractivity contribution in [1.82, 2.24) is 5.43 Å². The highest BCUT2D eigenvalue weighted by Gasteiger charge is 2.13. The van der Waals surface area contributed by atoms with Crippen molar-refractivity contribution >= 4 is 18.2 Å². The van der Waals surface area contributed by atoms with Crippen LogP contribution in [-0.4, -0.2) is 31.4 Å². The molecule has 0 saturated carbocycles. The minimum absolute atomic E-state index is 0.274. The summed E-state index contributed by atoms with van der Waals surface area (Å²) in [5.41, 5.74) is 8.06. The van der Waals surface area contributed by atoms with Crippen LogP contribution in [0.2, 0.25) is 0 Å². The van der Waals surface area contributed by atoms with Gasteiger partial charge in [-0.05, 0) is 61.9 Å². The smallest absolute Gasteiger partial charge is 0.343 e. The van der Waals surface area contributed by atoms with Gasteiger partial charge in [-0.2, -0.15) is 5.10 Å². The van der Waals surface area contributed by atoms with Crippen LogP contribution in [-0.2, 0) is 0 Å². The molecule has 3 N–H and O–H groups in total. The van der Waals surface area contributed by atoms with Gasteiger partial charge in [-0.25, -0.2) is 15.0 Å². The van der Waals surface area contributed by atoms with E-state index in [1.807, 2.05) is 13.8 Å². The summed E-state index contributed by atoms with van der Waals surface area (Å²) in [6.07, 6.45) is 1.39. The molecule has 0 unspecified atom stereocenters. The number of hydrazone groups is 1. The summed E-state index contributed by atoms with van der Waals surface area (Å²) < 4.78 is 16.3. The highest BCUT2D eigenvalue weighted by molar-refractivity contribution is 5.91. The molecule has 0 aromatic heterocycles. The molecule has 0 atom stereocenters. The van der Waals surface area contributed by atoms with Crippen LogP contribution in [0.4, 0.5) is 4.79 Å². The lowest BCUT2D eigenvalue weighted by Gasteiger charge is -2.11. The van der Waals surface area contributed by atoms with Gasteiger partial charge in [-0.3, -0.25) is 0 Å². The van der Waals surface area contributed by atoms with Crippen LogP contribution >= 0.6 is 0 Å². The molecule has 0 saturated heterocycles. The van der Waals surface area contributed by atoms with Crippen LogP contribution in [0.1, 0.15) is 29.8 Å². The Morgan fingerprint density at radius 1 is 1.04 bits per heavy atom. The molecule has 0 spiro atoms. The Balaban J connectivity index is 2.14. The van der Waals surface area contributed by atoms with Crippen molar-refractivity contribution in [1.29, 1.82) is 0 Å². The van der Waals surface area contributed by atoms with Crippen LogP contribution < -0.4 is 25.4 Å². The Morgan fingerprint density at radius 2 is 1.74 bits per heavy atom. The number of amides is 2. The maximum Gasteiger partial charge on any atom is 0.343 e. The van der Waals surface area contributed by atoms with Crippen LogP contribution in [0.5, 0.6) is 17.2 Å². The predicted molar refractivity (Wildman–Crippen MR) is 100 cm³/mol. The minimum Gasteiger partial charge on any atom is -0.494 e. The molecule has 0 radical (unpaired) electrons. The molecule has 2 aromatic rings. The number of nitrogens with two attached hydrogens (primary N) is 1. The highest BCUT2D eigenvalue weighted by Crippen LogP contribution is 2.29. The number of hydrogen-bond donors (Lipinski definition) is 2. The van der Waals surface area contributed by atoms with Crippen molar-refractivity contribution in [2.45, 2.75) is 13.8 Å². The van der Waals surface area contributed by atoms with E-state index in [9.17, 15) is 9.59 Å². The van der Waals surface area contributed by atoms with Crippen molar-refractivity contribution in [3.63, 3.8) is 0 Å². The Labute approximate surface area is 156 Å². The monoisotopic (exact) mass is 371 g/mol. The number of ether oxygens (including phenoxy) is 3. The first kappa shape index (κ1) is 19.8. The first-order chi connectivity index (χ1) is 13.0. The third-order valence-electron chi connectivity index (χ3n) is 3.26. The number of urea groups is 1. The molecule has 2 amide bonds. The summed E-state index contributed by atoms with van der Waals surface area (Å²) in [6.45, 7) is 4.63. The third-order valence-corrected chi connectivity index (χ3v) is 3.26. The number of carbonyl (C=O) groups is 2. The number of esters is 1. The lowest BCUT2D eigenvalue weighted by molar-refractivity contribution is 0.0728. The molecular formula is C19H21N3O5. The number of benzene rings is 2. The SMILES string of the molecule is CCOc1ccc(C(=O)Oc2ccc(/C=N/NC(N)=O)cc2OCC)cc1. The summed E-state index contributed by atoms with van der Waals surface area (Å²) in [5.74, 6) is 0.809. The maximum atomic E-state index is 12.4. The fourth-order valence-corrected chi connectivity index (χ4v) is 2.14. The number of carbonyl (C=O) groups excluding carboxylic acids is 2. The van der Waals surface area contributed by atoms with Gasteiger partial charge >= 0.3 is 12.0 Å². The summed E-state index contributed by atoms with van der Waals surface area (Å²) >= 11 is 0. The molecule has 0 heterocycles. The molecule has 8 heteroatoms. The maximum absolute atomic E-state index is 12.4. The zero-order valence-electron chi connectivity index (χ0n) is 15.1. The minimum atomic E-state index is -0.766. The van der Waals surface area contributed by atoms with Gasteiger partial charge in [0.05, 0.1) is 25.0 Å².